The molecular formula is C15H20N2OS. The summed E-state index contributed by atoms with van der Waals surface area (Å²) < 4.78 is 0. The number of nitrogens with one attached hydrogen (secondary N) is 1. The van der Waals surface area contributed by atoms with Crippen LogP contribution in [-0.4, -0.2) is 9.97 Å². The van der Waals surface area contributed by atoms with E-state index in [1.165, 1.54) is 23.3 Å². The van der Waals surface area contributed by atoms with Gasteiger partial charge < -0.3 is 4.98 Å². The third kappa shape index (κ3) is 2.34. The molecule has 102 valence electrons. The fraction of sp³-hybridized carbons (Fsp3) is 0.600. The largest absolute Gasteiger partial charge is 0.310 e. The van der Waals surface area contributed by atoms with E-state index in [1.54, 1.807) is 11.3 Å². The highest BCUT2D eigenvalue weighted by molar-refractivity contribution is 7.18. The summed E-state index contributed by atoms with van der Waals surface area (Å²) in [5.41, 5.74) is 1.28. The molecule has 1 aliphatic carbocycles. The topological polar surface area (TPSA) is 45.8 Å². The second kappa shape index (κ2) is 4.75. The standard InChI is InChI=1S/C15H20N2OS/c1-4-8(2)7-11-9(3)19-15-12(11)14(18)16-13(17-15)10-5-6-10/h8,10H,4-7H2,1-3H3,(H,16,17,18). The maximum atomic E-state index is 12.3. The van der Waals surface area contributed by atoms with Gasteiger partial charge >= 0.3 is 0 Å². The number of aromatic nitrogens is 2. The normalized spacial score (nSPS) is 17.0. The molecule has 19 heavy (non-hydrogen) atoms. The highest BCUT2D eigenvalue weighted by atomic mass is 32.1. The van der Waals surface area contributed by atoms with Gasteiger partial charge in [-0.05, 0) is 37.7 Å². The molecule has 0 bridgehead atoms. The molecule has 0 aromatic carbocycles. The van der Waals surface area contributed by atoms with Crippen LogP contribution >= 0.6 is 11.3 Å². The Morgan fingerprint density at radius 1 is 1.47 bits per heavy atom. The minimum Gasteiger partial charge on any atom is -0.310 e. The zero-order chi connectivity index (χ0) is 13.6. The lowest BCUT2D eigenvalue weighted by Crippen LogP contribution is -2.12. The SMILES string of the molecule is CCC(C)Cc1c(C)sc2nc(C3CC3)[nH]c(=O)c12. The van der Waals surface area contributed by atoms with E-state index in [0.29, 0.717) is 11.8 Å². The maximum absolute atomic E-state index is 12.3. The predicted octanol–water partition coefficient (Wildman–Crippen LogP) is 3.76. The number of aryl methyl sites for hydroxylation is 1. The van der Waals surface area contributed by atoms with E-state index in [-0.39, 0.29) is 5.56 Å². The van der Waals surface area contributed by atoms with Crippen molar-refractivity contribution in [2.75, 3.05) is 0 Å². The van der Waals surface area contributed by atoms with Crippen molar-refractivity contribution >= 4 is 21.6 Å². The lowest BCUT2D eigenvalue weighted by molar-refractivity contribution is 0.561. The van der Waals surface area contributed by atoms with Gasteiger partial charge in [-0.3, -0.25) is 4.79 Å². The number of rotatable bonds is 4. The van der Waals surface area contributed by atoms with Gasteiger partial charge in [-0.25, -0.2) is 4.98 Å². The fourth-order valence-electron chi connectivity index (χ4n) is 2.48. The van der Waals surface area contributed by atoms with Crippen LogP contribution in [0.4, 0.5) is 0 Å². The van der Waals surface area contributed by atoms with Gasteiger partial charge in [0.05, 0.1) is 5.39 Å². The van der Waals surface area contributed by atoms with Crippen molar-refractivity contribution in [3.8, 4) is 0 Å². The van der Waals surface area contributed by atoms with E-state index in [9.17, 15) is 4.79 Å². The van der Waals surface area contributed by atoms with Crippen LogP contribution < -0.4 is 5.56 Å². The fourth-order valence-corrected chi connectivity index (χ4v) is 3.54. The Morgan fingerprint density at radius 3 is 2.84 bits per heavy atom. The molecule has 1 unspecified atom stereocenters. The number of thiophene rings is 1. The summed E-state index contributed by atoms with van der Waals surface area (Å²) in [6.07, 6.45) is 4.45. The Bertz CT molecular complexity index is 667. The van der Waals surface area contributed by atoms with Crippen LogP contribution in [0.5, 0.6) is 0 Å². The number of fused-ring (bicyclic) bond motifs is 1. The molecule has 2 aromatic heterocycles. The molecule has 1 aliphatic rings. The van der Waals surface area contributed by atoms with Crippen LogP contribution in [0.25, 0.3) is 10.2 Å². The summed E-state index contributed by atoms with van der Waals surface area (Å²) >= 11 is 1.67. The summed E-state index contributed by atoms with van der Waals surface area (Å²) in [6, 6.07) is 0. The first-order valence-corrected chi connectivity index (χ1v) is 7.94. The van der Waals surface area contributed by atoms with Crippen LogP contribution in [0.1, 0.15) is 55.3 Å². The number of hydrogen-bond donors (Lipinski definition) is 1. The lowest BCUT2D eigenvalue weighted by Gasteiger charge is -2.08. The third-order valence-electron chi connectivity index (χ3n) is 4.09. The molecule has 1 N–H and O–H groups in total. The maximum Gasteiger partial charge on any atom is 0.259 e. The van der Waals surface area contributed by atoms with Gasteiger partial charge in [0.15, 0.2) is 0 Å². The number of H-pyrrole nitrogens is 1. The minimum absolute atomic E-state index is 0.0644. The van der Waals surface area contributed by atoms with Gasteiger partial charge in [0.1, 0.15) is 10.7 Å². The van der Waals surface area contributed by atoms with Crippen molar-refractivity contribution in [3.63, 3.8) is 0 Å². The summed E-state index contributed by atoms with van der Waals surface area (Å²) in [6.45, 7) is 6.55. The van der Waals surface area contributed by atoms with E-state index < -0.39 is 0 Å². The monoisotopic (exact) mass is 276 g/mol. The number of nitrogens with zero attached hydrogens (tertiary/aromatic N) is 1. The first kappa shape index (κ1) is 12.9. The predicted molar refractivity (Wildman–Crippen MR) is 80.1 cm³/mol. The minimum atomic E-state index is 0.0644. The third-order valence-corrected chi connectivity index (χ3v) is 5.14. The van der Waals surface area contributed by atoms with Crippen molar-refractivity contribution in [3.05, 3.63) is 26.6 Å². The van der Waals surface area contributed by atoms with Crippen LogP contribution in [0.3, 0.4) is 0 Å². The zero-order valence-electron chi connectivity index (χ0n) is 11.7. The van der Waals surface area contributed by atoms with Gasteiger partial charge in [-0.1, -0.05) is 20.3 Å². The van der Waals surface area contributed by atoms with Crippen LogP contribution in [-0.2, 0) is 6.42 Å². The molecule has 1 atom stereocenters. The molecule has 3 rings (SSSR count). The van der Waals surface area contributed by atoms with Crippen LogP contribution in [0.2, 0.25) is 0 Å². The van der Waals surface area contributed by atoms with E-state index in [0.717, 1.165) is 28.9 Å². The average molecular weight is 276 g/mol. The Morgan fingerprint density at radius 2 is 2.21 bits per heavy atom. The summed E-state index contributed by atoms with van der Waals surface area (Å²) in [7, 11) is 0. The van der Waals surface area contributed by atoms with Gasteiger partial charge in [0.25, 0.3) is 5.56 Å². The average Bonchev–Trinajstić information content (AvgIpc) is 3.16. The smallest absolute Gasteiger partial charge is 0.259 e. The quantitative estimate of drug-likeness (QED) is 0.924. The Labute approximate surface area is 117 Å². The van der Waals surface area contributed by atoms with E-state index in [1.807, 2.05) is 0 Å². The van der Waals surface area contributed by atoms with E-state index in [4.69, 9.17) is 0 Å². The summed E-state index contributed by atoms with van der Waals surface area (Å²) in [4.78, 5) is 22.2. The highest BCUT2D eigenvalue weighted by Crippen LogP contribution is 2.39. The molecule has 2 aromatic rings. The molecule has 0 spiro atoms. The Balaban J connectivity index is 2.12. The number of aromatic amines is 1. The summed E-state index contributed by atoms with van der Waals surface area (Å²) in [5, 5.41) is 0.840. The summed E-state index contributed by atoms with van der Waals surface area (Å²) in [5.74, 6) is 2.00. The van der Waals surface area contributed by atoms with Crippen molar-refractivity contribution in [1.82, 2.24) is 9.97 Å². The second-order valence-corrected chi connectivity index (χ2v) is 6.96. The van der Waals surface area contributed by atoms with Gasteiger partial charge in [-0.15, -0.1) is 11.3 Å². The molecule has 1 saturated carbocycles. The lowest BCUT2D eigenvalue weighted by atomic mass is 9.98. The van der Waals surface area contributed by atoms with Gasteiger partial charge in [0.2, 0.25) is 0 Å². The van der Waals surface area contributed by atoms with E-state index in [2.05, 4.69) is 30.7 Å². The second-order valence-electron chi connectivity index (χ2n) is 5.76. The molecule has 3 nitrogen and oxygen atoms in total. The molecule has 1 fully saturated rings. The molecular weight excluding hydrogens is 256 g/mol. The zero-order valence-corrected chi connectivity index (χ0v) is 12.6. The molecule has 4 heteroatoms. The Hall–Kier alpha value is -1.16. The van der Waals surface area contributed by atoms with Crippen LogP contribution in [0.15, 0.2) is 4.79 Å². The number of hydrogen-bond acceptors (Lipinski definition) is 3. The van der Waals surface area contributed by atoms with Crippen molar-refractivity contribution in [2.45, 2.75) is 52.4 Å². The molecule has 0 saturated heterocycles. The van der Waals surface area contributed by atoms with Crippen LogP contribution in [0, 0.1) is 12.8 Å². The highest BCUT2D eigenvalue weighted by Gasteiger charge is 2.27. The van der Waals surface area contributed by atoms with Crippen molar-refractivity contribution in [1.29, 1.82) is 0 Å². The molecule has 0 amide bonds. The van der Waals surface area contributed by atoms with Crippen molar-refractivity contribution < 1.29 is 0 Å². The van der Waals surface area contributed by atoms with Crippen molar-refractivity contribution in [2.24, 2.45) is 5.92 Å². The van der Waals surface area contributed by atoms with Gasteiger partial charge in [-0.2, -0.15) is 0 Å². The molecule has 0 radical (unpaired) electrons. The van der Waals surface area contributed by atoms with E-state index >= 15 is 0 Å². The molecule has 0 aliphatic heterocycles. The van der Waals surface area contributed by atoms with Gasteiger partial charge in [0, 0.05) is 10.8 Å². The molecule has 2 heterocycles. The Kier molecular flexibility index (Phi) is 3.21. The first-order chi connectivity index (χ1) is 9.10. The first-order valence-electron chi connectivity index (χ1n) is 7.12.